The maximum absolute atomic E-state index is 14.2. The van der Waals surface area contributed by atoms with Crippen molar-refractivity contribution in [2.45, 2.75) is 37.8 Å². The number of rotatable bonds is 5. The van der Waals surface area contributed by atoms with Crippen molar-refractivity contribution >= 4 is 28.9 Å². The molecular weight excluding hydrogens is 345 g/mol. The summed E-state index contributed by atoms with van der Waals surface area (Å²) in [4.78, 5) is 1.96. The van der Waals surface area contributed by atoms with Gasteiger partial charge in [0.1, 0.15) is 5.82 Å². The number of thiocarbonyl (C=S) groups is 1. The third-order valence-electron chi connectivity index (χ3n) is 5.47. The van der Waals surface area contributed by atoms with Gasteiger partial charge in [-0.2, -0.15) is 0 Å². The van der Waals surface area contributed by atoms with Crippen molar-refractivity contribution < 1.29 is 4.39 Å². The summed E-state index contributed by atoms with van der Waals surface area (Å²) in [6.07, 6.45) is 5.25. The number of fused-ring (bicyclic) bond motifs is 2. The Morgan fingerprint density at radius 1 is 1.38 bits per heavy atom. The van der Waals surface area contributed by atoms with Crippen molar-refractivity contribution in [2.24, 2.45) is 11.8 Å². The van der Waals surface area contributed by atoms with E-state index in [1.807, 2.05) is 19.0 Å². The Morgan fingerprint density at radius 2 is 2.17 bits per heavy atom. The highest BCUT2D eigenvalue weighted by molar-refractivity contribution is 7.80. The molecule has 1 aromatic rings. The van der Waals surface area contributed by atoms with Crippen LogP contribution in [0.1, 0.15) is 37.3 Å². The first-order valence-corrected chi connectivity index (χ1v) is 9.39. The Labute approximate surface area is 153 Å². The van der Waals surface area contributed by atoms with Gasteiger partial charge in [0.15, 0.2) is 5.11 Å². The number of nitrogens with one attached hydrogen (secondary N) is 2. The molecule has 3 rings (SSSR count). The van der Waals surface area contributed by atoms with Crippen LogP contribution in [0.2, 0.25) is 5.02 Å². The van der Waals surface area contributed by atoms with Crippen LogP contribution in [-0.2, 0) is 0 Å². The zero-order chi connectivity index (χ0) is 17.3. The van der Waals surface area contributed by atoms with E-state index in [-0.39, 0.29) is 11.9 Å². The summed E-state index contributed by atoms with van der Waals surface area (Å²) in [5.41, 5.74) is 0.513. The highest BCUT2D eigenvalue weighted by atomic mass is 35.5. The molecule has 0 spiro atoms. The summed E-state index contributed by atoms with van der Waals surface area (Å²) in [6.45, 7) is 0.514. The number of hydrogen-bond donors (Lipinski definition) is 2. The van der Waals surface area contributed by atoms with Gasteiger partial charge in [-0.1, -0.05) is 24.1 Å². The van der Waals surface area contributed by atoms with E-state index in [0.717, 1.165) is 11.8 Å². The Hall–Kier alpha value is -0.910. The predicted octanol–water partition coefficient (Wildman–Crippen LogP) is 3.73. The molecule has 0 amide bonds. The van der Waals surface area contributed by atoms with Crippen LogP contribution in [0.3, 0.4) is 0 Å². The smallest absolute Gasteiger partial charge is 0.166 e. The highest BCUT2D eigenvalue weighted by Gasteiger charge is 2.39. The lowest BCUT2D eigenvalue weighted by Gasteiger charge is -2.29. The second-order valence-corrected chi connectivity index (χ2v) is 8.07. The summed E-state index contributed by atoms with van der Waals surface area (Å²) < 4.78 is 14.2. The molecule has 3 nitrogen and oxygen atoms in total. The van der Waals surface area contributed by atoms with Crippen molar-refractivity contribution in [3.05, 3.63) is 34.6 Å². The highest BCUT2D eigenvalue weighted by Crippen LogP contribution is 2.44. The molecule has 0 aromatic heterocycles. The molecule has 2 fully saturated rings. The van der Waals surface area contributed by atoms with Gasteiger partial charge in [0.05, 0.1) is 6.04 Å². The van der Waals surface area contributed by atoms with Gasteiger partial charge in [-0.3, -0.25) is 0 Å². The van der Waals surface area contributed by atoms with Crippen LogP contribution in [0.15, 0.2) is 18.2 Å². The van der Waals surface area contributed by atoms with Gasteiger partial charge in [0.25, 0.3) is 0 Å². The van der Waals surface area contributed by atoms with Gasteiger partial charge >= 0.3 is 0 Å². The molecule has 2 aliphatic rings. The van der Waals surface area contributed by atoms with E-state index in [9.17, 15) is 4.39 Å². The molecule has 1 aromatic carbocycles. The first-order chi connectivity index (χ1) is 11.5. The zero-order valence-corrected chi connectivity index (χ0v) is 15.8. The SMILES string of the molecule is CN(C)[C@H](CNC(=S)N[C@H]1C[C@H]2CC[C@H]1C2)c1c(F)cccc1Cl. The van der Waals surface area contributed by atoms with Gasteiger partial charge in [-0.15, -0.1) is 0 Å². The molecule has 2 N–H and O–H groups in total. The minimum atomic E-state index is -0.282. The van der Waals surface area contributed by atoms with Crippen LogP contribution in [-0.4, -0.2) is 36.7 Å². The Bertz CT molecular complexity index is 590. The summed E-state index contributed by atoms with van der Waals surface area (Å²) >= 11 is 11.7. The zero-order valence-electron chi connectivity index (χ0n) is 14.2. The molecule has 2 saturated carbocycles. The molecule has 0 saturated heterocycles. The summed E-state index contributed by atoms with van der Waals surface area (Å²) in [5, 5.41) is 7.82. The average Bonchev–Trinajstić information content (AvgIpc) is 3.12. The van der Waals surface area contributed by atoms with E-state index in [1.165, 1.54) is 31.7 Å². The summed E-state index contributed by atoms with van der Waals surface area (Å²) in [6, 6.07) is 5.12. The number of benzene rings is 1. The molecular formula is C18H25ClFN3S. The fourth-order valence-electron chi connectivity index (χ4n) is 4.20. The lowest BCUT2D eigenvalue weighted by molar-refractivity contribution is 0.290. The monoisotopic (exact) mass is 369 g/mol. The molecule has 0 unspecified atom stereocenters. The van der Waals surface area contributed by atoms with Crippen molar-refractivity contribution in [1.29, 1.82) is 0 Å². The van der Waals surface area contributed by atoms with E-state index in [0.29, 0.717) is 28.3 Å². The summed E-state index contributed by atoms with van der Waals surface area (Å²) in [5.74, 6) is 1.36. The Kier molecular flexibility index (Phi) is 5.63. The molecule has 4 atom stereocenters. The standard InChI is InChI=1S/C18H25ClFN3S/c1-23(2)16(17-13(19)4-3-5-14(17)20)10-21-18(24)22-15-9-11-6-7-12(15)8-11/h3-5,11-12,15-16H,6-10H2,1-2H3,(H2,21,22,24)/t11-,12-,15-,16+/m0/s1. The van der Waals surface area contributed by atoms with Crippen molar-refractivity contribution in [3.63, 3.8) is 0 Å². The van der Waals surface area contributed by atoms with Crippen LogP contribution < -0.4 is 10.6 Å². The minimum Gasteiger partial charge on any atom is -0.361 e. The fourth-order valence-corrected chi connectivity index (χ4v) is 4.73. The van der Waals surface area contributed by atoms with Gasteiger partial charge in [0.2, 0.25) is 0 Å². The number of likely N-dealkylation sites (N-methyl/N-ethyl adjacent to an activating group) is 1. The quantitative estimate of drug-likeness (QED) is 0.773. The topological polar surface area (TPSA) is 27.3 Å². The third kappa shape index (κ3) is 3.84. The molecule has 24 heavy (non-hydrogen) atoms. The van der Waals surface area contributed by atoms with Crippen molar-refractivity contribution in [3.8, 4) is 0 Å². The second kappa shape index (κ2) is 7.54. The number of hydrogen-bond acceptors (Lipinski definition) is 2. The Balaban J connectivity index is 1.59. The Morgan fingerprint density at radius 3 is 2.75 bits per heavy atom. The predicted molar refractivity (Wildman–Crippen MR) is 101 cm³/mol. The van der Waals surface area contributed by atoms with Gasteiger partial charge < -0.3 is 15.5 Å². The molecule has 0 radical (unpaired) electrons. The van der Waals surface area contributed by atoms with E-state index >= 15 is 0 Å². The van der Waals surface area contributed by atoms with Crippen LogP contribution in [0.25, 0.3) is 0 Å². The first kappa shape index (κ1) is 17.9. The van der Waals surface area contributed by atoms with Gasteiger partial charge in [-0.05, 0) is 69.5 Å². The van der Waals surface area contributed by atoms with E-state index in [2.05, 4.69) is 10.6 Å². The lowest BCUT2D eigenvalue weighted by atomic mass is 9.95. The maximum Gasteiger partial charge on any atom is 0.166 e. The first-order valence-electron chi connectivity index (χ1n) is 8.60. The van der Waals surface area contributed by atoms with Gasteiger partial charge in [-0.25, -0.2) is 4.39 Å². The molecule has 2 bridgehead atoms. The molecule has 6 heteroatoms. The minimum absolute atomic E-state index is 0.182. The molecule has 2 aliphatic carbocycles. The van der Waals surface area contributed by atoms with Crippen LogP contribution >= 0.6 is 23.8 Å². The van der Waals surface area contributed by atoms with Crippen molar-refractivity contribution in [1.82, 2.24) is 15.5 Å². The normalized spacial score (nSPS) is 26.6. The van der Waals surface area contributed by atoms with E-state index < -0.39 is 0 Å². The average molecular weight is 370 g/mol. The molecule has 0 heterocycles. The van der Waals surface area contributed by atoms with Crippen molar-refractivity contribution in [2.75, 3.05) is 20.6 Å². The number of halogens is 2. The fraction of sp³-hybridized carbons (Fsp3) is 0.611. The number of nitrogens with zero attached hydrogens (tertiary/aromatic N) is 1. The van der Waals surface area contributed by atoms with E-state index in [4.69, 9.17) is 23.8 Å². The third-order valence-corrected chi connectivity index (χ3v) is 6.06. The van der Waals surface area contributed by atoms with Crippen LogP contribution in [0.4, 0.5) is 4.39 Å². The summed E-state index contributed by atoms with van der Waals surface area (Å²) in [7, 11) is 3.84. The largest absolute Gasteiger partial charge is 0.361 e. The van der Waals surface area contributed by atoms with Crippen LogP contribution in [0, 0.1) is 17.7 Å². The molecule has 132 valence electrons. The van der Waals surface area contributed by atoms with Gasteiger partial charge in [0, 0.05) is 23.2 Å². The molecule has 0 aliphatic heterocycles. The maximum atomic E-state index is 14.2. The second-order valence-electron chi connectivity index (χ2n) is 7.25. The van der Waals surface area contributed by atoms with E-state index in [1.54, 1.807) is 12.1 Å². The lowest BCUT2D eigenvalue weighted by Crippen LogP contribution is -2.46. The van der Waals surface area contributed by atoms with Crippen LogP contribution in [0.5, 0.6) is 0 Å².